The van der Waals surface area contributed by atoms with E-state index in [0.29, 0.717) is 6.54 Å². The molecule has 0 aromatic rings. The Morgan fingerprint density at radius 2 is 1.37 bits per heavy atom. The molecule has 4 amide bonds. The molecule has 8 heteroatoms. The van der Waals surface area contributed by atoms with Crippen molar-refractivity contribution in [3.63, 3.8) is 0 Å². The number of hydrogen-bond donors (Lipinski definition) is 2. The SMILES string of the molecule is COC1CCN(C(=O)NCC2(NC(=O)N3CCC(OC)CC3)CCC2)CC1. The molecular formula is C19H34N4O4. The number of hydrogen-bond acceptors (Lipinski definition) is 4. The summed E-state index contributed by atoms with van der Waals surface area (Å²) in [6, 6.07) is -0.0506. The number of methoxy groups -OCH3 is 2. The third-order valence-corrected chi connectivity index (χ3v) is 6.39. The van der Waals surface area contributed by atoms with E-state index in [4.69, 9.17) is 9.47 Å². The quantitative estimate of drug-likeness (QED) is 0.756. The summed E-state index contributed by atoms with van der Waals surface area (Å²) < 4.78 is 10.7. The van der Waals surface area contributed by atoms with Gasteiger partial charge in [-0.3, -0.25) is 0 Å². The van der Waals surface area contributed by atoms with Gasteiger partial charge in [-0.25, -0.2) is 9.59 Å². The number of rotatable bonds is 5. The van der Waals surface area contributed by atoms with Crippen LogP contribution in [0.2, 0.25) is 0 Å². The second-order valence-corrected chi connectivity index (χ2v) is 8.07. The van der Waals surface area contributed by atoms with Crippen LogP contribution < -0.4 is 10.6 Å². The van der Waals surface area contributed by atoms with Crippen LogP contribution in [0.1, 0.15) is 44.9 Å². The molecule has 2 N–H and O–H groups in total. The molecule has 27 heavy (non-hydrogen) atoms. The van der Waals surface area contributed by atoms with Gasteiger partial charge in [0, 0.05) is 46.9 Å². The van der Waals surface area contributed by atoms with Crippen molar-refractivity contribution in [3.05, 3.63) is 0 Å². The Morgan fingerprint density at radius 1 is 0.889 bits per heavy atom. The molecule has 0 radical (unpaired) electrons. The van der Waals surface area contributed by atoms with Gasteiger partial charge in [0.05, 0.1) is 17.7 Å². The Morgan fingerprint density at radius 3 is 1.78 bits per heavy atom. The van der Waals surface area contributed by atoms with Crippen molar-refractivity contribution in [3.8, 4) is 0 Å². The van der Waals surface area contributed by atoms with Crippen molar-refractivity contribution in [2.24, 2.45) is 0 Å². The number of nitrogens with one attached hydrogen (secondary N) is 2. The highest BCUT2D eigenvalue weighted by atomic mass is 16.5. The first kappa shape index (κ1) is 20.2. The minimum absolute atomic E-state index is 0.0144. The topological polar surface area (TPSA) is 83.1 Å². The summed E-state index contributed by atoms with van der Waals surface area (Å²) in [5.41, 5.74) is -0.296. The van der Waals surface area contributed by atoms with Crippen molar-refractivity contribution in [2.45, 2.75) is 62.7 Å². The van der Waals surface area contributed by atoms with Crippen molar-refractivity contribution >= 4 is 12.1 Å². The van der Waals surface area contributed by atoms with E-state index in [1.54, 1.807) is 14.2 Å². The molecule has 0 bridgehead atoms. The average Bonchev–Trinajstić information content (AvgIpc) is 2.69. The van der Waals surface area contributed by atoms with Crippen LogP contribution in [0.3, 0.4) is 0 Å². The molecule has 0 unspecified atom stereocenters. The van der Waals surface area contributed by atoms with Crippen LogP contribution in [-0.2, 0) is 9.47 Å². The van der Waals surface area contributed by atoms with E-state index in [0.717, 1.165) is 71.1 Å². The first-order valence-corrected chi connectivity index (χ1v) is 10.2. The summed E-state index contributed by atoms with van der Waals surface area (Å²) in [7, 11) is 3.45. The summed E-state index contributed by atoms with van der Waals surface area (Å²) in [6.07, 6.45) is 6.95. The smallest absolute Gasteiger partial charge is 0.317 e. The van der Waals surface area contributed by atoms with Gasteiger partial charge in [-0.05, 0) is 44.9 Å². The predicted octanol–water partition coefficient (Wildman–Crippen LogP) is 1.55. The normalized spacial score (nSPS) is 23.6. The number of ether oxygens (including phenoxy) is 2. The Balaban J connectivity index is 1.44. The molecule has 1 aliphatic carbocycles. The summed E-state index contributed by atoms with van der Waals surface area (Å²) in [6.45, 7) is 3.38. The van der Waals surface area contributed by atoms with E-state index in [1.165, 1.54) is 0 Å². The molecule has 154 valence electrons. The zero-order valence-electron chi connectivity index (χ0n) is 16.7. The van der Waals surface area contributed by atoms with E-state index in [1.807, 2.05) is 9.80 Å². The van der Waals surface area contributed by atoms with Crippen molar-refractivity contribution in [2.75, 3.05) is 46.9 Å². The Labute approximate surface area is 161 Å². The van der Waals surface area contributed by atoms with Crippen molar-refractivity contribution < 1.29 is 19.1 Å². The molecular weight excluding hydrogens is 348 g/mol. The Kier molecular flexibility index (Phi) is 6.81. The van der Waals surface area contributed by atoms with E-state index < -0.39 is 0 Å². The average molecular weight is 383 g/mol. The lowest BCUT2D eigenvalue weighted by molar-refractivity contribution is 0.0463. The highest BCUT2D eigenvalue weighted by molar-refractivity contribution is 5.76. The molecule has 2 saturated heterocycles. The van der Waals surface area contributed by atoms with Gasteiger partial charge in [0.25, 0.3) is 0 Å². The summed E-state index contributed by atoms with van der Waals surface area (Å²) in [5.74, 6) is 0. The maximum absolute atomic E-state index is 12.7. The summed E-state index contributed by atoms with van der Waals surface area (Å²) >= 11 is 0. The fourth-order valence-electron chi connectivity index (χ4n) is 4.20. The maximum atomic E-state index is 12.7. The lowest BCUT2D eigenvalue weighted by atomic mass is 9.76. The largest absolute Gasteiger partial charge is 0.381 e. The van der Waals surface area contributed by atoms with Gasteiger partial charge in [0.15, 0.2) is 0 Å². The van der Waals surface area contributed by atoms with Crippen LogP contribution in [0.4, 0.5) is 9.59 Å². The third kappa shape index (κ3) is 5.04. The van der Waals surface area contributed by atoms with Gasteiger partial charge >= 0.3 is 12.1 Å². The second kappa shape index (κ2) is 9.10. The van der Waals surface area contributed by atoms with Gasteiger partial charge in [-0.1, -0.05) is 0 Å². The molecule has 1 saturated carbocycles. The fraction of sp³-hybridized carbons (Fsp3) is 0.895. The summed E-state index contributed by atoms with van der Waals surface area (Å²) in [4.78, 5) is 28.8. The standard InChI is InChI=1S/C19H34N4O4/c1-26-15-4-10-22(11-5-15)17(24)20-14-19(8-3-9-19)21-18(25)23-12-6-16(27-2)7-13-23/h15-16H,3-14H2,1-2H3,(H,20,24)(H,21,25). The molecule has 0 aromatic heterocycles. The van der Waals surface area contributed by atoms with E-state index in [-0.39, 0.29) is 29.8 Å². The maximum Gasteiger partial charge on any atom is 0.317 e. The summed E-state index contributed by atoms with van der Waals surface area (Å²) in [5, 5.41) is 6.25. The van der Waals surface area contributed by atoms with Crippen molar-refractivity contribution in [1.29, 1.82) is 0 Å². The van der Waals surface area contributed by atoms with Gasteiger partial charge in [-0.2, -0.15) is 0 Å². The molecule has 3 fully saturated rings. The molecule has 0 atom stereocenters. The Hall–Kier alpha value is -1.54. The van der Waals surface area contributed by atoms with Crippen LogP contribution in [0, 0.1) is 0 Å². The van der Waals surface area contributed by atoms with Gasteiger partial charge in [-0.15, -0.1) is 0 Å². The van der Waals surface area contributed by atoms with E-state index in [2.05, 4.69) is 10.6 Å². The van der Waals surface area contributed by atoms with Crippen LogP contribution in [0.15, 0.2) is 0 Å². The molecule has 3 aliphatic rings. The van der Waals surface area contributed by atoms with E-state index in [9.17, 15) is 9.59 Å². The third-order valence-electron chi connectivity index (χ3n) is 6.39. The van der Waals surface area contributed by atoms with Crippen LogP contribution >= 0.6 is 0 Å². The van der Waals surface area contributed by atoms with Gasteiger partial charge in [0.1, 0.15) is 0 Å². The highest BCUT2D eigenvalue weighted by Gasteiger charge is 2.40. The molecule has 0 spiro atoms. The lowest BCUT2D eigenvalue weighted by Crippen LogP contribution is -2.63. The van der Waals surface area contributed by atoms with Gasteiger partial charge in [0.2, 0.25) is 0 Å². The molecule has 0 aromatic carbocycles. The molecule has 2 aliphatic heterocycles. The zero-order valence-corrected chi connectivity index (χ0v) is 16.7. The zero-order chi connectivity index (χ0) is 19.3. The number of likely N-dealkylation sites (tertiary alicyclic amines) is 2. The van der Waals surface area contributed by atoms with Gasteiger partial charge < -0.3 is 29.9 Å². The number of urea groups is 2. The second-order valence-electron chi connectivity index (χ2n) is 8.07. The molecule has 2 heterocycles. The first-order chi connectivity index (χ1) is 13.0. The fourth-order valence-corrected chi connectivity index (χ4v) is 4.20. The van der Waals surface area contributed by atoms with Crippen LogP contribution in [-0.4, -0.2) is 86.6 Å². The number of piperidine rings is 2. The first-order valence-electron chi connectivity index (χ1n) is 10.2. The number of carbonyl (C=O) groups is 2. The van der Waals surface area contributed by atoms with Crippen LogP contribution in [0.5, 0.6) is 0 Å². The molecule has 3 rings (SSSR count). The monoisotopic (exact) mass is 382 g/mol. The van der Waals surface area contributed by atoms with E-state index >= 15 is 0 Å². The van der Waals surface area contributed by atoms with Crippen LogP contribution in [0.25, 0.3) is 0 Å². The highest BCUT2D eigenvalue weighted by Crippen LogP contribution is 2.31. The number of amides is 4. The number of carbonyl (C=O) groups excluding carboxylic acids is 2. The minimum Gasteiger partial charge on any atom is -0.381 e. The molecule has 8 nitrogen and oxygen atoms in total. The Bertz CT molecular complexity index is 510. The predicted molar refractivity (Wildman–Crippen MR) is 102 cm³/mol. The number of nitrogens with zero attached hydrogens (tertiary/aromatic N) is 2. The lowest BCUT2D eigenvalue weighted by Gasteiger charge is -2.44. The van der Waals surface area contributed by atoms with Crippen molar-refractivity contribution in [1.82, 2.24) is 20.4 Å². The minimum atomic E-state index is -0.296.